The molecule has 0 N–H and O–H groups in total. The molecule has 4 nitrogen and oxygen atoms in total. The van der Waals surface area contributed by atoms with E-state index in [1.165, 1.54) is 42.5 Å². The van der Waals surface area contributed by atoms with Gasteiger partial charge in [0, 0.05) is 37.3 Å². The number of aryl methyl sites for hydroxylation is 2. The van der Waals surface area contributed by atoms with E-state index in [9.17, 15) is 0 Å². The van der Waals surface area contributed by atoms with E-state index >= 15 is 0 Å². The third-order valence-electron chi connectivity index (χ3n) is 4.33. The predicted octanol–water partition coefficient (Wildman–Crippen LogP) is 3.12. The number of thiazole rings is 1. The maximum Gasteiger partial charge on any atom is 0.108 e. The van der Waals surface area contributed by atoms with Gasteiger partial charge in [-0.2, -0.15) is 0 Å². The predicted molar refractivity (Wildman–Crippen MR) is 86.5 cm³/mol. The Hall–Kier alpha value is -1.20. The lowest BCUT2D eigenvalue weighted by atomic mass is 9.96. The third-order valence-corrected chi connectivity index (χ3v) is 5.15. The SMILES string of the molecule is CCc1nccn1CC1CCN(Cc2csc(C)n2)CC1. The quantitative estimate of drug-likeness (QED) is 0.851. The standard InChI is InChI=1S/C16H24N4S/c1-3-16-17-6-9-20(16)10-14-4-7-19(8-5-14)11-15-12-21-13(2)18-15/h6,9,12,14H,3-5,7-8,10-11H2,1-2H3. The molecule has 2 aromatic heterocycles. The lowest BCUT2D eigenvalue weighted by Gasteiger charge is -2.31. The molecule has 1 aliphatic rings. The van der Waals surface area contributed by atoms with Crippen LogP contribution in [0.5, 0.6) is 0 Å². The van der Waals surface area contributed by atoms with Gasteiger partial charge in [0.25, 0.3) is 0 Å². The van der Waals surface area contributed by atoms with Crippen molar-refractivity contribution in [1.82, 2.24) is 19.4 Å². The van der Waals surface area contributed by atoms with Crippen LogP contribution in [0.3, 0.4) is 0 Å². The molecule has 1 saturated heterocycles. The molecule has 0 aromatic carbocycles. The van der Waals surface area contributed by atoms with Crippen molar-refractivity contribution in [3.63, 3.8) is 0 Å². The number of likely N-dealkylation sites (tertiary alicyclic amines) is 1. The van der Waals surface area contributed by atoms with Crippen molar-refractivity contribution in [2.75, 3.05) is 13.1 Å². The number of hydrogen-bond donors (Lipinski definition) is 0. The zero-order valence-corrected chi connectivity index (χ0v) is 13.8. The van der Waals surface area contributed by atoms with Crippen LogP contribution in [0.15, 0.2) is 17.8 Å². The highest BCUT2D eigenvalue weighted by molar-refractivity contribution is 7.09. The van der Waals surface area contributed by atoms with E-state index in [-0.39, 0.29) is 0 Å². The Morgan fingerprint density at radius 2 is 2.14 bits per heavy atom. The third kappa shape index (κ3) is 3.71. The highest BCUT2D eigenvalue weighted by Gasteiger charge is 2.20. The fraction of sp³-hybridized carbons (Fsp3) is 0.625. The Kier molecular flexibility index (Phi) is 4.70. The first-order valence-corrected chi connectivity index (χ1v) is 8.76. The summed E-state index contributed by atoms with van der Waals surface area (Å²) in [7, 11) is 0. The molecule has 0 aliphatic carbocycles. The summed E-state index contributed by atoms with van der Waals surface area (Å²) in [5, 5.41) is 3.37. The van der Waals surface area contributed by atoms with E-state index in [2.05, 4.69) is 44.9 Å². The zero-order chi connectivity index (χ0) is 14.7. The molecule has 5 heteroatoms. The van der Waals surface area contributed by atoms with E-state index in [4.69, 9.17) is 0 Å². The molecule has 3 rings (SSSR count). The van der Waals surface area contributed by atoms with Gasteiger partial charge in [0.1, 0.15) is 5.82 Å². The van der Waals surface area contributed by atoms with Crippen LogP contribution in [0.2, 0.25) is 0 Å². The fourth-order valence-corrected chi connectivity index (χ4v) is 3.74. The van der Waals surface area contributed by atoms with Crippen molar-refractivity contribution in [3.05, 3.63) is 34.3 Å². The average Bonchev–Trinajstić information content (AvgIpc) is 3.10. The summed E-state index contributed by atoms with van der Waals surface area (Å²) in [6.07, 6.45) is 7.64. The molecule has 0 spiro atoms. The molecule has 0 radical (unpaired) electrons. The molecule has 3 heterocycles. The molecule has 0 bridgehead atoms. The van der Waals surface area contributed by atoms with E-state index in [1.807, 2.05) is 6.20 Å². The Morgan fingerprint density at radius 3 is 2.81 bits per heavy atom. The topological polar surface area (TPSA) is 34.0 Å². The first-order valence-electron chi connectivity index (χ1n) is 7.88. The molecule has 1 aliphatic heterocycles. The van der Waals surface area contributed by atoms with Gasteiger partial charge in [0.05, 0.1) is 10.7 Å². The second-order valence-corrected chi connectivity index (χ2v) is 6.99. The number of piperidine rings is 1. The lowest BCUT2D eigenvalue weighted by Crippen LogP contribution is -2.34. The van der Waals surface area contributed by atoms with Crippen LogP contribution < -0.4 is 0 Å². The van der Waals surface area contributed by atoms with Crippen LogP contribution in [-0.4, -0.2) is 32.5 Å². The summed E-state index contributed by atoms with van der Waals surface area (Å²) in [6.45, 7) is 8.79. The van der Waals surface area contributed by atoms with Gasteiger partial charge >= 0.3 is 0 Å². The second kappa shape index (κ2) is 6.71. The Balaban J connectivity index is 1.49. The van der Waals surface area contributed by atoms with Crippen molar-refractivity contribution < 1.29 is 0 Å². The Morgan fingerprint density at radius 1 is 1.33 bits per heavy atom. The highest BCUT2D eigenvalue weighted by Crippen LogP contribution is 2.21. The minimum absolute atomic E-state index is 0.790. The van der Waals surface area contributed by atoms with Gasteiger partial charge in [-0.25, -0.2) is 9.97 Å². The first kappa shape index (κ1) is 14.7. The van der Waals surface area contributed by atoms with E-state index in [0.29, 0.717) is 0 Å². The molecule has 0 amide bonds. The van der Waals surface area contributed by atoms with Crippen LogP contribution in [0.25, 0.3) is 0 Å². The first-order chi connectivity index (χ1) is 10.2. The van der Waals surface area contributed by atoms with Crippen LogP contribution >= 0.6 is 11.3 Å². The molecule has 0 saturated carbocycles. The number of aromatic nitrogens is 3. The van der Waals surface area contributed by atoms with Gasteiger partial charge in [0.15, 0.2) is 0 Å². The van der Waals surface area contributed by atoms with Gasteiger partial charge in [-0.3, -0.25) is 4.90 Å². The van der Waals surface area contributed by atoms with Gasteiger partial charge in [-0.15, -0.1) is 11.3 Å². The molecule has 1 fully saturated rings. The van der Waals surface area contributed by atoms with Gasteiger partial charge in [-0.1, -0.05) is 6.92 Å². The van der Waals surface area contributed by atoms with Gasteiger partial charge in [-0.05, 0) is 38.8 Å². The molecule has 21 heavy (non-hydrogen) atoms. The zero-order valence-electron chi connectivity index (χ0n) is 13.0. The van der Waals surface area contributed by atoms with Gasteiger partial charge in [0.2, 0.25) is 0 Å². The minimum atomic E-state index is 0.790. The largest absolute Gasteiger partial charge is 0.335 e. The average molecular weight is 304 g/mol. The van der Waals surface area contributed by atoms with Crippen molar-refractivity contribution in [1.29, 1.82) is 0 Å². The van der Waals surface area contributed by atoms with Crippen molar-refractivity contribution in [3.8, 4) is 0 Å². The van der Waals surface area contributed by atoms with Crippen LogP contribution in [0.4, 0.5) is 0 Å². The summed E-state index contributed by atoms with van der Waals surface area (Å²) >= 11 is 1.75. The van der Waals surface area contributed by atoms with E-state index < -0.39 is 0 Å². The van der Waals surface area contributed by atoms with Crippen molar-refractivity contribution in [2.45, 2.75) is 46.2 Å². The Labute approximate surface area is 130 Å². The summed E-state index contributed by atoms with van der Waals surface area (Å²) in [5.74, 6) is 2.01. The normalized spacial score (nSPS) is 17.4. The molecular formula is C16H24N4S. The maximum atomic E-state index is 4.57. The molecule has 0 unspecified atom stereocenters. The fourth-order valence-electron chi connectivity index (χ4n) is 3.14. The summed E-state index contributed by atoms with van der Waals surface area (Å²) in [5.41, 5.74) is 1.24. The smallest absolute Gasteiger partial charge is 0.108 e. The van der Waals surface area contributed by atoms with Crippen LogP contribution in [0.1, 0.15) is 36.3 Å². The second-order valence-electron chi connectivity index (χ2n) is 5.93. The van der Waals surface area contributed by atoms with Crippen LogP contribution in [0, 0.1) is 12.8 Å². The van der Waals surface area contributed by atoms with Crippen molar-refractivity contribution in [2.24, 2.45) is 5.92 Å². The monoisotopic (exact) mass is 304 g/mol. The van der Waals surface area contributed by atoms with E-state index in [0.717, 1.165) is 25.4 Å². The van der Waals surface area contributed by atoms with Crippen LogP contribution in [-0.2, 0) is 19.5 Å². The lowest BCUT2D eigenvalue weighted by molar-refractivity contribution is 0.165. The van der Waals surface area contributed by atoms with E-state index in [1.54, 1.807) is 11.3 Å². The summed E-state index contributed by atoms with van der Waals surface area (Å²) in [4.78, 5) is 11.5. The van der Waals surface area contributed by atoms with Crippen molar-refractivity contribution >= 4 is 11.3 Å². The molecule has 0 atom stereocenters. The Bertz CT molecular complexity index is 566. The molecular weight excluding hydrogens is 280 g/mol. The van der Waals surface area contributed by atoms with Gasteiger partial charge < -0.3 is 4.57 Å². The molecule has 2 aromatic rings. The number of rotatable bonds is 5. The summed E-state index contributed by atoms with van der Waals surface area (Å²) < 4.78 is 2.34. The summed E-state index contributed by atoms with van der Waals surface area (Å²) in [6, 6.07) is 0. The number of hydrogen-bond acceptors (Lipinski definition) is 4. The number of nitrogens with zero attached hydrogens (tertiary/aromatic N) is 4. The number of imidazole rings is 1. The minimum Gasteiger partial charge on any atom is -0.335 e. The highest BCUT2D eigenvalue weighted by atomic mass is 32.1. The maximum absolute atomic E-state index is 4.57. The molecule has 114 valence electrons.